The molecular formula is C47H75ClO4. The summed E-state index contributed by atoms with van der Waals surface area (Å²) < 4.78 is 10.7. The molecular weight excluding hydrogens is 664 g/mol. The molecule has 0 heterocycles. The molecule has 0 saturated heterocycles. The van der Waals surface area contributed by atoms with Gasteiger partial charge in [-0.05, 0) is 106 Å². The minimum atomic E-state index is -0.360. The van der Waals surface area contributed by atoms with E-state index in [2.05, 4.69) is 44.2 Å². The first kappa shape index (κ1) is 44.3. The van der Waals surface area contributed by atoms with Crippen LogP contribution in [0.3, 0.4) is 0 Å². The van der Waals surface area contributed by atoms with Crippen molar-refractivity contribution in [1.29, 1.82) is 0 Å². The Morgan fingerprint density at radius 3 is 2.12 bits per heavy atom. The molecule has 0 radical (unpaired) electrons. The fourth-order valence-corrected chi connectivity index (χ4v) is 8.70. The highest BCUT2D eigenvalue weighted by Crippen LogP contribution is 2.47. The average molecular weight is 740 g/mol. The van der Waals surface area contributed by atoms with E-state index in [4.69, 9.17) is 21.1 Å². The number of allylic oxidation sites excluding steroid dienone is 4. The van der Waals surface area contributed by atoms with Crippen LogP contribution in [0.15, 0.2) is 48.6 Å². The van der Waals surface area contributed by atoms with E-state index in [0.717, 1.165) is 38.5 Å². The van der Waals surface area contributed by atoms with E-state index < -0.39 is 0 Å². The van der Waals surface area contributed by atoms with Crippen molar-refractivity contribution in [3.8, 4) is 0 Å². The smallest absolute Gasteiger partial charge is 0.338 e. The van der Waals surface area contributed by atoms with E-state index in [1.807, 2.05) is 12.1 Å². The van der Waals surface area contributed by atoms with Crippen molar-refractivity contribution in [2.75, 3.05) is 13.2 Å². The lowest BCUT2D eigenvalue weighted by molar-refractivity contribution is -0.144. The lowest BCUT2D eigenvalue weighted by Crippen LogP contribution is -2.28. The predicted octanol–water partition coefficient (Wildman–Crippen LogP) is 14.1. The molecule has 0 aromatic heterocycles. The van der Waals surface area contributed by atoms with Gasteiger partial charge in [-0.25, -0.2) is 4.79 Å². The van der Waals surface area contributed by atoms with Crippen molar-refractivity contribution in [1.82, 2.24) is 0 Å². The van der Waals surface area contributed by atoms with Crippen LogP contribution >= 0.6 is 11.6 Å². The van der Waals surface area contributed by atoms with Crippen molar-refractivity contribution < 1.29 is 19.1 Å². The summed E-state index contributed by atoms with van der Waals surface area (Å²) in [6.07, 6.45) is 42.6. The summed E-state index contributed by atoms with van der Waals surface area (Å²) in [6, 6.07) is 7.76. The van der Waals surface area contributed by atoms with Gasteiger partial charge in [-0.3, -0.25) is 4.79 Å². The third kappa shape index (κ3) is 18.3. The second kappa shape index (κ2) is 27.5. The van der Waals surface area contributed by atoms with Crippen LogP contribution in [0, 0.1) is 17.3 Å². The zero-order valence-corrected chi connectivity index (χ0v) is 34.1. The summed E-state index contributed by atoms with van der Waals surface area (Å²) in [5, 5.41) is 0.250. The SMILES string of the molecule is CCCCCCCCCCCCCCCCc1cccc(C(=O)OCCOC(=O)CCC/C=C\C[C@H]2C(Cl)CCC2/C=C/CCC2(CC)CCC2)c1. The molecule has 1 aromatic rings. The fraction of sp³-hybridized carbons (Fsp3) is 0.745. The molecule has 0 bridgehead atoms. The first-order chi connectivity index (χ1) is 25.5. The van der Waals surface area contributed by atoms with E-state index in [-0.39, 0.29) is 30.5 Å². The van der Waals surface area contributed by atoms with Gasteiger partial charge in [0.1, 0.15) is 13.2 Å². The quantitative estimate of drug-likeness (QED) is 0.0341. The molecule has 5 heteroatoms. The Hall–Kier alpha value is -2.07. The number of carbonyl (C=O) groups is 2. The zero-order chi connectivity index (χ0) is 37.1. The lowest BCUT2D eigenvalue weighted by Gasteiger charge is -2.41. The second-order valence-corrected chi connectivity index (χ2v) is 16.7. The maximum absolute atomic E-state index is 12.6. The van der Waals surface area contributed by atoms with Crippen LogP contribution in [-0.4, -0.2) is 30.5 Å². The van der Waals surface area contributed by atoms with Gasteiger partial charge in [-0.15, -0.1) is 11.6 Å². The Bertz CT molecular complexity index is 1150. The lowest BCUT2D eigenvalue weighted by atomic mass is 9.64. The van der Waals surface area contributed by atoms with Gasteiger partial charge in [0, 0.05) is 11.8 Å². The van der Waals surface area contributed by atoms with E-state index in [1.165, 1.54) is 134 Å². The van der Waals surface area contributed by atoms with Crippen molar-refractivity contribution in [2.24, 2.45) is 17.3 Å². The second-order valence-electron chi connectivity index (χ2n) is 16.1. The van der Waals surface area contributed by atoms with Crippen LogP contribution in [0.4, 0.5) is 0 Å². The summed E-state index contributed by atoms with van der Waals surface area (Å²) >= 11 is 6.71. The number of rotatable bonds is 30. The van der Waals surface area contributed by atoms with Gasteiger partial charge in [0.15, 0.2) is 0 Å². The van der Waals surface area contributed by atoms with Gasteiger partial charge in [-0.2, -0.15) is 0 Å². The van der Waals surface area contributed by atoms with Crippen LogP contribution in [0.5, 0.6) is 0 Å². The van der Waals surface area contributed by atoms with Crippen molar-refractivity contribution in [3.63, 3.8) is 0 Å². The topological polar surface area (TPSA) is 52.6 Å². The molecule has 52 heavy (non-hydrogen) atoms. The van der Waals surface area contributed by atoms with Crippen molar-refractivity contribution in [3.05, 3.63) is 59.7 Å². The van der Waals surface area contributed by atoms with Gasteiger partial charge in [0.05, 0.1) is 5.56 Å². The minimum Gasteiger partial charge on any atom is -0.462 e. The molecule has 0 N–H and O–H groups in total. The predicted molar refractivity (Wildman–Crippen MR) is 220 cm³/mol. The molecule has 2 saturated carbocycles. The maximum Gasteiger partial charge on any atom is 0.338 e. The van der Waals surface area contributed by atoms with E-state index in [9.17, 15) is 9.59 Å². The Kier molecular flexibility index (Phi) is 23.4. The molecule has 0 amide bonds. The number of esters is 2. The number of halogens is 1. The van der Waals surface area contributed by atoms with Gasteiger partial charge >= 0.3 is 11.9 Å². The molecule has 0 spiro atoms. The number of carbonyl (C=O) groups excluding carboxylic acids is 2. The third-order valence-corrected chi connectivity index (χ3v) is 12.6. The molecule has 294 valence electrons. The first-order valence-electron chi connectivity index (χ1n) is 21.8. The fourth-order valence-electron chi connectivity index (χ4n) is 8.29. The summed E-state index contributed by atoms with van der Waals surface area (Å²) in [4.78, 5) is 24.8. The third-order valence-electron chi connectivity index (χ3n) is 12.1. The van der Waals surface area contributed by atoms with E-state index >= 15 is 0 Å². The molecule has 3 rings (SSSR count). The average Bonchev–Trinajstić information content (AvgIpc) is 3.49. The van der Waals surface area contributed by atoms with Crippen LogP contribution in [0.1, 0.15) is 197 Å². The highest BCUT2D eigenvalue weighted by molar-refractivity contribution is 6.21. The number of ether oxygens (including phenoxy) is 2. The van der Waals surface area contributed by atoms with E-state index in [0.29, 0.717) is 29.2 Å². The van der Waals surface area contributed by atoms with Gasteiger partial charge in [-0.1, -0.05) is 147 Å². The summed E-state index contributed by atoms with van der Waals surface area (Å²) in [5.74, 6) is 0.481. The Morgan fingerprint density at radius 1 is 0.788 bits per heavy atom. The maximum atomic E-state index is 12.6. The molecule has 2 aliphatic carbocycles. The summed E-state index contributed by atoms with van der Waals surface area (Å²) in [5.41, 5.74) is 2.37. The Morgan fingerprint density at radius 2 is 1.46 bits per heavy atom. The molecule has 2 aliphatic rings. The number of benzene rings is 1. The molecule has 1 aromatic carbocycles. The highest BCUT2D eigenvalue weighted by atomic mass is 35.5. The number of aryl methyl sites for hydroxylation is 1. The van der Waals surface area contributed by atoms with Crippen LogP contribution < -0.4 is 0 Å². The number of hydrogen-bond donors (Lipinski definition) is 0. The highest BCUT2D eigenvalue weighted by Gasteiger charge is 2.34. The Labute approximate surface area is 324 Å². The normalized spacial score (nSPS) is 19.7. The summed E-state index contributed by atoms with van der Waals surface area (Å²) in [6.45, 7) is 4.79. The van der Waals surface area contributed by atoms with Crippen LogP contribution in [-0.2, 0) is 20.7 Å². The Balaban J connectivity index is 1.16. The molecule has 4 nitrogen and oxygen atoms in total. The zero-order valence-electron chi connectivity index (χ0n) is 33.4. The molecule has 2 unspecified atom stereocenters. The number of unbranched alkanes of at least 4 members (excludes halogenated alkanes) is 14. The molecule has 2 fully saturated rings. The standard InChI is InChI=1S/C47H75ClO4/c1-3-5-6-7-8-9-10-11-12-13-14-15-16-19-26-40-27-24-29-42(39-40)46(50)52-38-37-51-45(49)31-21-18-17-20-30-43-41(32-33-44(43)48)28-22-23-34-47(4-2)35-25-36-47/h17,20,22,24,27-29,39,41,43-44H,3-16,18-19,21,23,25-26,30-38H2,1-2H3/b20-17-,28-22+/t41?,43-,44?/m1/s1. The first-order valence-corrected chi connectivity index (χ1v) is 22.3. The van der Waals surface area contributed by atoms with Crippen LogP contribution in [0.2, 0.25) is 0 Å². The van der Waals surface area contributed by atoms with Crippen molar-refractivity contribution in [2.45, 2.75) is 193 Å². The summed E-state index contributed by atoms with van der Waals surface area (Å²) in [7, 11) is 0. The number of hydrogen-bond acceptors (Lipinski definition) is 4. The van der Waals surface area contributed by atoms with Gasteiger partial charge < -0.3 is 9.47 Å². The monoisotopic (exact) mass is 739 g/mol. The van der Waals surface area contributed by atoms with E-state index in [1.54, 1.807) is 6.07 Å². The van der Waals surface area contributed by atoms with Gasteiger partial charge in [0.2, 0.25) is 0 Å². The molecule has 3 atom stereocenters. The van der Waals surface area contributed by atoms with Crippen molar-refractivity contribution >= 4 is 23.5 Å². The van der Waals surface area contributed by atoms with Gasteiger partial charge in [0.25, 0.3) is 0 Å². The molecule has 0 aliphatic heterocycles. The van der Waals surface area contributed by atoms with Crippen LogP contribution in [0.25, 0.3) is 0 Å². The largest absolute Gasteiger partial charge is 0.462 e. The minimum absolute atomic E-state index is 0.0731. The number of alkyl halides is 1.